The highest BCUT2D eigenvalue weighted by molar-refractivity contribution is 7.92. The van der Waals surface area contributed by atoms with Gasteiger partial charge < -0.3 is 5.32 Å². The summed E-state index contributed by atoms with van der Waals surface area (Å²) in [5.41, 5.74) is -0.565. The number of carbonyl (C=O) groups is 1. The molecule has 1 aromatic carbocycles. The van der Waals surface area contributed by atoms with E-state index in [9.17, 15) is 13.2 Å². The Bertz CT molecular complexity index is 745. The van der Waals surface area contributed by atoms with Crippen molar-refractivity contribution >= 4 is 15.6 Å². The number of ketones is 1. The van der Waals surface area contributed by atoms with Gasteiger partial charge in [-0.2, -0.15) is 0 Å². The number of rotatable bonds is 2. The Hall–Kier alpha value is -1.20. The van der Waals surface area contributed by atoms with Crippen LogP contribution in [0.25, 0.3) is 0 Å². The zero-order valence-corrected chi connectivity index (χ0v) is 14.9. The lowest BCUT2D eigenvalue weighted by molar-refractivity contribution is -0.131. The average molecular weight is 347 g/mol. The topological polar surface area (TPSA) is 63.2 Å². The summed E-state index contributed by atoms with van der Waals surface area (Å²) in [4.78, 5) is 12.8. The minimum absolute atomic E-state index is 0.0650. The third-order valence-electron chi connectivity index (χ3n) is 6.46. The van der Waals surface area contributed by atoms with E-state index in [2.05, 4.69) is 12.2 Å². The maximum atomic E-state index is 13.5. The molecule has 0 aromatic heterocycles. The van der Waals surface area contributed by atoms with Crippen LogP contribution in [0, 0.1) is 17.8 Å². The summed E-state index contributed by atoms with van der Waals surface area (Å²) in [5, 5.41) is 3.04. The van der Waals surface area contributed by atoms with E-state index in [0.717, 1.165) is 25.8 Å². The van der Waals surface area contributed by atoms with Gasteiger partial charge in [0.1, 0.15) is 5.78 Å². The maximum Gasteiger partial charge on any atom is 0.183 e. The molecule has 1 aromatic rings. The molecule has 1 aliphatic heterocycles. The van der Waals surface area contributed by atoms with Gasteiger partial charge in [0.2, 0.25) is 0 Å². The van der Waals surface area contributed by atoms with Gasteiger partial charge in [-0.15, -0.1) is 0 Å². The zero-order valence-electron chi connectivity index (χ0n) is 14.1. The summed E-state index contributed by atoms with van der Waals surface area (Å²) < 4.78 is 27.0. The van der Waals surface area contributed by atoms with Crippen molar-refractivity contribution in [2.45, 2.75) is 54.7 Å². The average Bonchev–Trinajstić information content (AvgIpc) is 2.54. The monoisotopic (exact) mass is 347 g/mol. The lowest BCUT2D eigenvalue weighted by Gasteiger charge is -2.59. The molecular formula is C19H25NO3S. The fourth-order valence-electron chi connectivity index (χ4n) is 5.82. The van der Waals surface area contributed by atoms with Crippen LogP contribution in [0.5, 0.6) is 0 Å². The van der Waals surface area contributed by atoms with Gasteiger partial charge in [-0.1, -0.05) is 25.1 Å². The highest BCUT2D eigenvalue weighted by Gasteiger charge is 2.62. The van der Waals surface area contributed by atoms with Crippen LogP contribution in [-0.4, -0.2) is 31.5 Å². The Kier molecular flexibility index (Phi) is 3.84. The van der Waals surface area contributed by atoms with Gasteiger partial charge in [0, 0.05) is 18.4 Å². The molecule has 1 N–H and O–H groups in total. The van der Waals surface area contributed by atoms with Crippen molar-refractivity contribution in [2.75, 3.05) is 6.54 Å². The lowest BCUT2D eigenvalue weighted by atomic mass is 9.54. The molecule has 1 saturated heterocycles. The fourth-order valence-corrected chi connectivity index (χ4v) is 8.27. The molecule has 1 heterocycles. The van der Waals surface area contributed by atoms with E-state index in [1.54, 1.807) is 24.3 Å². The number of hydrogen-bond acceptors (Lipinski definition) is 4. The van der Waals surface area contributed by atoms with Crippen LogP contribution in [0.4, 0.5) is 0 Å². The molecule has 4 nitrogen and oxygen atoms in total. The Labute approximate surface area is 143 Å². The number of piperidine rings is 1. The Morgan fingerprint density at radius 3 is 2.71 bits per heavy atom. The molecule has 5 atom stereocenters. The predicted octanol–water partition coefficient (Wildman–Crippen LogP) is 2.59. The summed E-state index contributed by atoms with van der Waals surface area (Å²) in [6.07, 6.45) is 3.96. The third-order valence-corrected chi connectivity index (χ3v) is 8.94. The molecule has 0 spiro atoms. The van der Waals surface area contributed by atoms with Crippen LogP contribution in [0.2, 0.25) is 0 Å². The summed E-state index contributed by atoms with van der Waals surface area (Å²) in [6, 6.07) is 8.77. The fraction of sp³-hybridized carbons (Fsp3) is 0.632. The standard InChI is InChI=1S/C19H25NO3S/c1-13-10-14-11-15(21)12-19(17(14)8-5-9-20-19)18(13)24(22,23)16-6-3-2-4-7-16/h2-4,6-7,13-14,17-18,20H,5,8-12H2,1H3/t13-,14+,17-,18+,19+/m1/s1. The third kappa shape index (κ3) is 2.28. The largest absolute Gasteiger partial charge is 0.309 e. The second-order valence-electron chi connectivity index (χ2n) is 7.89. The molecule has 24 heavy (non-hydrogen) atoms. The summed E-state index contributed by atoms with van der Waals surface area (Å²) >= 11 is 0. The maximum absolute atomic E-state index is 13.5. The van der Waals surface area contributed by atoms with Gasteiger partial charge in [-0.25, -0.2) is 8.42 Å². The van der Waals surface area contributed by atoms with Crippen molar-refractivity contribution in [1.29, 1.82) is 0 Å². The van der Waals surface area contributed by atoms with Crippen molar-refractivity contribution in [3.8, 4) is 0 Å². The van der Waals surface area contributed by atoms with E-state index in [0.29, 0.717) is 29.6 Å². The first kappa shape index (κ1) is 16.3. The van der Waals surface area contributed by atoms with Crippen LogP contribution in [0.3, 0.4) is 0 Å². The van der Waals surface area contributed by atoms with Crippen LogP contribution in [0.1, 0.15) is 39.0 Å². The number of carbonyl (C=O) groups excluding carboxylic acids is 1. The van der Waals surface area contributed by atoms with Crippen LogP contribution < -0.4 is 5.32 Å². The van der Waals surface area contributed by atoms with Gasteiger partial charge >= 0.3 is 0 Å². The smallest absolute Gasteiger partial charge is 0.183 e. The van der Waals surface area contributed by atoms with E-state index in [4.69, 9.17) is 0 Å². The predicted molar refractivity (Wildman–Crippen MR) is 92.4 cm³/mol. The quantitative estimate of drug-likeness (QED) is 0.893. The van der Waals surface area contributed by atoms with E-state index in [-0.39, 0.29) is 11.7 Å². The first-order valence-corrected chi connectivity index (χ1v) is 10.6. The van der Waals surface area contributed by atoms with Crippen molar-refractivity contribution in [3.05, 3.63) is 30.3 Å². The highest BCUT2D eigenvalue weighted by Crippen LogP contribution is 2.54. The normalized spacial score (nSPS) is 39.3. The van der Waals surface area contributed by atoms with Gasteiger partial charge in [0.15, 0.2) is 9.84 Å². The van der Waals surface area contributed by atoms with Crippen molar-refractivity contribution in [1.82, 2.24) is 5.32 Å². The number of Topliss-reactive ketones (excluding diaryl/α,β-unsaturated/α-hetero) is 1. The molecule has 2 bridgehead atoms. The summed E-state index contributed by atoms with van der Waals surface area (Å²) in [7, 11) is -3.48. The second kappa shape index (κ2) is 5.67. The number of hydrogen-bond donors (Lipinski definition) is 1. The SMILES string of the molecule is C[C@@H]1C[C@H]2CC(=O)C[C@@]3(NCCC[C@H]23)[C@H]1S(=O)(=O)c1ccccc1. The minimum atomic E-state index is -3.48. The molecular weight excluding hydrogens is 322 g/mol. The van der Waals surface area contributed by atoms with Gasteiger partial charge in [-0.3, -0.25) is 4.79 Å². The molecule has 0 radical (unpaired) electrons. The first-order valence-electron chi connectivity index (χ1n) is 9.01. The Morgan fingerprint density at radius 2 is 1.96 bits per heavy atom. The molecule has 3 fully saturated rings. The molecule has 2 saturated carbocycles. The van der Waals surface area contributed by atoms with Gasteiger partial charge in [-0.05, 0) is 55.7 Å². The van der Waals surface area contributed by atoms with Crippen LogP contribution in [0.15, 0.2) is 35.2 Å². The number of benzene rings is 1. The molecule has 0 unspecified atom stereocenters. The van der Waals surface area contributed by atoms with E-state index >= 15 is 0 Å². The summed E-state index contributed by atoms with van der Waals surface area (Å²) in [6.45, 7) is 2.87. The number of sulfone groups is 1. The molecule has 2 aliphatic carbocycles. The summed E-state index contributed by atoms with van der Waals surface area (Å²) in [5.74, 6) is 0.945. The van der Waals surface area contributed by atoms with Crippen molar-refractivity contribution in [2.24, 2.45) is 17.8 Å². The first-order chi connectivity index (χ1) is 11.4. The molecule has 3 aliphatic rings. The zero-order chi connectivity index (χ0) is 16.9. The molecule has 4 rings (SSSR count). The van der Waals surface area contributed by atoms with Crippen molar-refractivity contribution < 1.29 is 13.2 Å². The molecule has 130 valence electrons. The Balaban J connectivity index is 1.85. The van der Waals surface area contributed by atoms with E-state index in [1.807, 2.05) is 6.07 Å². The second-order valence-corrected chi connectivity index (χ2v) is 9.96. The van der Waals surface area contributed by atoms with Crippen molar-refractivity contribution in [3.63, 3.8) is 0 Å². The molecule has 0 amide bonds. The minimum Gasteiger partial charge on any atom is -0.309 e. The van der Waals surface area contributed by atoms with Crippen LogP contribution >= 0.6 is 0 Å². The Morgan fingerprint density at radius 1 is 1.21 bits per heavy atom. The highest BCUT2D eigenvalue weighted by atomic mass is 32.2. The molecule has 5 heteroatoms. The van der Waals surface area contributed by atoms with Gasteiger partial charge in [0.05, 0.1) is 10.1 Å². The van der Waals surface area contributed by atoms with E-state index in [1.165, 1.54) is 0 Å². The number of nitrogens with one attached hydrogen (secondary N) is 1. The van der Waals surface area contributed by atoms with Crippen LogP contribution in [-0.2, 0) is 14.6 Å². The van der Waals surface area contributed by atoms with E-state index < -0.39 is 20.6 Å². The lowest BCUT2D eigenvalue weighted by Crippen LogP contribution is -2.72. The van der Waals surface area contributed by atoms with Gasteiger partial charge in [0.25, 0.3) is 0 Å².